The van der Waals surface area contributed by atoms with Crippen LogP contribution in [0.25, 0.3) is 0 Å². The van der Waals surface area contributed by atoms with E-state index < -0.39 is 6.61 Å². The van der Waals surface area contributed by atoms with Crippen LogP contribution in [0.15, 0.2) is 18.2 Å². The van der Waals surface area contributed by atoms with E-state index in [1.165, 1.54) is 13.2 Å². The molecule has 0 aliphatic carbocycles. The van der Waals surface area contributed by atoms with Gasteiger partial charge in [-0.1, -0.05) is 0 Å². The average molecular weight is 188 g/mol. The van der Waals surface area contributed by atoms with E-state index in [1.54, 1.807) is 19.1 Å². The monoisotopic (exact) mass is 188 g/mol. The van der Waals surface area contributed by atoms with Crippen LogP contribution in [-0.2, 0) is 0 Å². The largest absolute Gasteiger partial charge is 0.497 e. The van der Waals surface area contributed by atoms with Crippen LogP contribution in [0.2, 0.25) is 0 Å². The number of hydrogen-bond acceptors (Lipinski definition) is 2. The van der Waals surface area contributed by atoms with Gasteiger partial charge in [-0.15, -0.1) is 0 Å². The predicted molar refractivity (Wildman–Crippen MR) is 44.4 cm³/mol. The van der Waals surface area contributed by atoms with Crippen LogP contribution < -0.4 is 9.47 Å². The minimum atomic E-state index is -2.79. The summed E-state index contributed by atoms with van der Waals surface area (Å²) in [7, 11) is 1.52. The van der Waals surface area contributed by atoms with E-state index in [1.807, 2.05) is 0 Å². The first-order valence-corrected chi connectivity index (χ1v) is 3.73. The Morgan fingerprint density at radius 2 is 2.00 bits per heavy atom. The first kappa shape index (κ1) is 9.77. The summed E-state index contributed by atoms with van der Waals surface area (Å²) in [5, 5.41) is 0. The molecule has 0 aliphatic heterocycles. The third-order valence-corrected chi connectivity index (χ3v) is 1.60. The molecule has 0 spiro atoms. The van der Waals surface area contributed by atoms with Crippen LogP contribution in [0, 0.1) is 6.92 Å². The zero-order valence-corrected chi connectivity index (χ0v) is 7.38. The quantitative estimate of drug-likeness (QED) is 0.725. The fraction of sp³-hybridized carbons (Fsp3) is 0.333. The molecule has 0 bridgehead atoms. The summed E-state index contributed by atoms with van der Waals surface area (Å²) in [5.41, 5.74) is 0.625. The number of rotatable bonds is 3. The highest BCUT2D eigenvalue weighted by Crippen LogP contribution is 2.24. The molecule has 0 saturated heterocycles. The Labute approximate surface area is 75.1 Å². The Morgan fingerprint density at radius 3 is 2.46 bits per heavy atom. The molecule has 1 rings (SSSR count). The van der Waals surface area contributed by atoms with Gasteiger partial charge in [0.05, 0.1) is 7.11 Å². The summed E-state index contributed by atoms with van der Waals surface area (Å²) >= 11 is 0. The van der Waals surface area contributed by atoms with Crippen molar-refractivity contribution >= 4 is 0 Å². The summed E-state index contributed by atoms with van der Waals surface area (Å²) in [4.78, 5) is 0. The number of halogens is 2. The highest BCUT2D eigenvalue weighted by atomic mass is 19.3. The highest BCUT2D eigenvalue weighted by Gasteiger charge is 2.07. The lowest BCUT2D eigenvalue weighted by molar-refractivity contribution is -0.0503. The Kier molecular flexibility index (Phi) is 3.06. The molecular weight excluding hydrogens is 178 g/mol. The SMILES string of the molecule is COc1ccc(OC(F)F)c(C)c1. The van der Waals surface area contributed by atoms with Gasteiger partial charge in [-0.25, -0.2) is 0 Å². The normalized spacial score (nSPS) is 10.2. The zero-order chi connectivity index (χ0) is 9.84. The van der Waals surface area contributed by atoms with Gasteiger partial charge in [0.1, 0.15) is 11.5 Å². The van der Waals surface area contributed by atoms with Gasteiger partial charge in [0.25, 0.3) is 0 Å². The number of hydrogen-bond donors (Lipinski definition) is 0. The molecule has 0 atom stereocenters. The second-order valence-corrected chi connectivity index (χ2v) is 2.51. The fourth-order valence-electron chi connectivity index (χ4n) is 0.977. The molecule has 1 aromatic carbocycles. The summed E-state index contributed by atoms with van der Waals surface area (Å²) in [6.45, 7) is -1.10. The molecule has 0 saturated carbocycles. The highest BCUT2D eigenvalue weighted by molar-refractivity contribution is 5.39. The van der Waals surface area contributed by atoms with Gasteiger partial charge in [-0.2, -0.15) is 8.78 Å². The maximum Gasteiger partial charge on any atom is 0.387 e. The topological polar surface area (TPSA) is 18.5 Å². The third kappa shape index (κ3) is 2.57. The third-order valence-electron chi connectivity index (χ3n) is 1.60. The van der Waals surface area contributed by atoms with Crippen molar-refractivity contribution in [2.24, 2.45) is 0 Å². The molecule has 0 heterocycles. The van der Waals surface area contributed by atoms with Gasteiger partial charge in [0, 0.05) is 0 Å². The molecule has 2 nitrogen and oxygen atoms in total. The summed E-state index contributed by atoms with van der Waals surface area (Å²) < 4.78 is 32.8. The van der Waals surface area contributed by atoms with Crippen LogP contribution in [-0.4, -0.2) is 13.7 Å². The van der Waals surface area contributed by atoms with Crippen molar-refractivity contribution < 1.29 is 18.3 Å². The van der Waals surface area contributed by atoms with Gasteiger partial charge in [-0.05, 0) is 30.7 Å². The lowest BCUT2D eigenvalue weighted by Gasteiger charge is -2.08. The van der Waals surface area contributed by atoms with Crippen LogP contribution in [0.1, 0.15) is 5.56 Å². The average Bonchev–Trinajstić information content (AvgIpc) is 2.08. The van der Waals surface area contributed by atoms with Gasteiger partial charge >= 0.3 is 6.61 Å². The number of aryl methyl sites for hydroxylation is 1. The summed E-state index contributed by atoms with van der Waals surface area (Å²) in [6, 6.07) is 4.67. The lowest BCUT2D eigenvalue weighted by Crippen LogP contribution is -2.03. The molecule has 0 unspecified atom stereocenters. The second kappa shape index (κ2) is 4.07. The molecule has 1 aromatic rings. The van der Waals surface area contributed by atoms with Gasteiger partial charge in [0.15, 0.2) is 0 Å². The van der Waals surface area contributed by atoms with Crippen molar-refractivity contribution in [1.82, 2.24) is 0 Å². The molecule has 0 N–H and O–H groups in total. The molecule has 0 amide bonds. The Balaban J connectivity index is 2.85. The van der Waals surface area contributed by atoms with E-state index in [2.05, 4.69) is 4.74 Å². The molecule has 13 heavy (non-hydrogen) atoms. The zero-order valence-electron chi connectivity index (χ0n) is 7.38. The van der Waals surface area contributed by atoms with Crippen molar-refractivity contribution in [3.8, 4) is 11.5 Å². The Hall–Kier alpha value is -1.32. The minimum absolute atomic E-state index is 0.177. The standard InChI is InChI=1S/C9H10F2O2/c1-6-5-7(12-2)3-4-8(6)13-9(10)11/h3-5,9H,1-2H3. The molecule has 4 heteroatoms. The van der Waals surface area contributed by atoms with E-state index in [-0.39, 0.29) is 5.75 Å². The first-order chi connectivity index (χ1) is 6.13. The van der Waals surface area contributed by atoms with E-state index in [4.69, 9.17) is 4.74 Å². The van der Waals surface area contributed by atoms with Crippen molar-refractivity contribution in [3.63, 3.8) is 0 Å². The predicted octanol–water partition coefficient (Wildman–Crippen LogP) is 2.61. The van der Waals surface area contributed by atoms with Crippen molar-refractivity contribution in [2.45, 2.75) is 13.5 Å². The van der Waals surface area contributed by atoms with E-state index in [9.17, 15) is 8.78 Å². The van der Waals surface area contributed by atoms with E-state index >= 15 is 0 Å². The van der Waals surface area contributed by atoms with Crippen LogP contribution >= 0.6 is 0 Å². The van der Waals surface area contributed by atoms with Gasteiger partial charge in [0.2, 0.25) is 0 Å². The number of benzene rings is 1. The molecule has 0 fully saturated rings. The Bertz CT molecular complexity index is 287. The van der Waals surface area contributed by atoms with Crippen LogP contribution in [0.3, 0.4) is 0 Å². The smallest absolute Gasteiger partial charge is 0.387 e. The molecule has 0 radical (unpaired) electrons. The van der Waals surface area contributed by atoms with Crippen LogP contribution in [0.5, 0.6) is 11.5 Å². The summed E-state index contributed by atoms with van der Waals surface area (Å²) in [5.74, 6) is 0.801. The maximum atomic E-state index is 11.8. The van der Waals surface area contributed by atoms with Crippen molar-refractivity contribution in [2.75, 3.05) is 7.11 Å². The maximum absolute atomic E-state index is 11.8. The second-order valence-electron chi connectivity index (χ2n) is 2.51. The first-order valence-electron chi connectivity index (χ1n) is 3.73. The van der Waals surface area contributed by atoms with Gasteiger partial charge < -0.3 is 9.47 Å². The molecule has 0 aliphatic rings. The van der Waals surface area contributed by atoms with Crippen molar-refractivity contribution in [3.05, 3.63) is 23.8 Å². The molecule has 0 aromatic heterocycles. The van der Waals surface area contributed by atoms with E-state index in [0.717, 1.165) is 0 Å². The Morgan fingerprint density at radius 1 is 1.31 bits per heavy atom. The molecular formula is C9H10F2O2. The number of methoxy groups -OCH3 is 1. The minimum Gasteiger partial charge on any atom is -0.497 e. The van der Waals surface area contributed by atoms with E-state index in [0.29, 0.717) is 11.3 Å². The van der Waals surface area contributed by atoms with Crippen molar-refractivity contribution in [1.29, 1.82) is 0 Å². The number of ether oxygens (including phenoxy) is 2. The van der Waals surface area contributed by atoms with Crippen LogP contribution in [0.4, 0.5) is 8.78 Å². The fourth-order valence-corrected chi connectivity index (χ4v) is 0.977. The van der Waals surface area contributed by atoms with Gasteiger partial charge in [-0.3, -0.25) is 0 Å². The molecule has 72 valence electrons. The number of alkyl halides is 2. The summed E-state index contributed by atoms with van der Waals surface area (Å²) in [6.07, 6.45) is 0. The lowest BCUT2D eigenvalue weighted by atomic mass is 10.2.